The third-order valence-corrected chi connectivity index (χ3v) is 4.38. The maximum atomic E-state index is 14.4. The van der Waals surface area contributed by atoms with Crippen LogP contribution in [0.15, 0.2) is 57.1 Å². The minimum absolute atomic E-state index is 0.193. The Morgan fingerprint density at radius 2 is 1.96 bits per heavy atom. The fourth-order valence-electron chi connectivity index (χ4n) is 2.31. The first-order chi connectivity index (χ1) is 12.8. The monoisotopic (exact) mass is 402 g/mol. The number of fused-ring (bicyclic) bond motifs is 1. The molecule has 0 saturated heterocycles. The number of aryl methyl sites for hydroxylation is 1. The lowest BCUT2D eigenvalue weighted by Crippen LogP contribution is -2.10. The molecule has 0 unspecified atom stereocenters. The highest BCUT2D eigenvalue weighted by molar-refractivity contribution is 7.99. The van der Waals surface area contributed by atoms with Gasteiger partial charge >= 0.3 is 0 Å². The van der Waals surface area contributed by atoms with Gasteiger partial charge in [0.25, 0.3) is 0 Å². The van der Waals surface area contributed by atoms with Crippen molar-refractivity contribution < 1.29 is 4.39 Å². The number of benzene rings is 1. The summed E-state index contributed by atoms with van der Waals surface area (Å²) in [5.41, 5.74) is 12.9. The summed E-state index contributed by atoms with van der Waals surface area (Å²) < 4.78 is 14.4. The summed E-state index contributed by atoms with van der Waals surface area (Å²) >= 11 is 7.22. The van der Waals surface area contributed by atoms with Crippen LogP contribution < -0.4 is 11.5 Å². The SMILES string of the molecule is CC(N)=CC(N)=Nc1cc(Cl)nc(Sc2cc(F)c3nc(C)ccc3c2)n1. The topological polar surface area (TPSA) is 103 Å². The fraction of sp³-hybridized carbons (Fsp3) is 0.111. The van der Waals surface area contributed by atoms with Crippen LogP contribution >= 0.6 is 23.4 Å². The summed E-state index contributed by atoms with van der Waals surface area (Å²) in [4.78, 5) is 17.4. The molecule has 2 heterocycles. The minimum atomic E-state index is -0.410. The number of pyridine rings is 1. The molecule has 138 valence electrons. The number of nitrogens with two attached hydrogens (primary N) is 2. The van der Waals surface area contributed by atoms with E-state index in [1.54, 1.807) is 6.92 Å². The number of halogens is 2. The zero-order valence-corrected chi connectivity index (χ0v) is 16.1. The molecule has 27 heavy (non-hydrogen) atoms. The minimum Gasteiger partial charge on any atom is -0.402 e. The molecule has 0 aliphatic heterocycles. The molecule has 0 fully saturated rings. The molecule has 3 rings (SSSR count). The van der Waals surface area contributed by atoms with Crippen molar-refractivity contribution in [2.75, 3.05) is 0 Å². The Kier molecular flexibility index (Phi) is 5.57. The first-order valence-electron chi connectivity index (χ1n) is 7.87. The number of hydrogen-bond acceptors (Lipinski definition) is 6. The van der Waals surface area contributed by atoms with Gasteiger partial charge in [0, 0.05) is 27.7 Å². The largest absolute Gasteiger partial charge is 0.402 e. The number of aromatic nitrogens is 3. The molecule has 0 bridgehead atoms. The second kappa shape index (κ2) is 7.89. The smallest absolute Gasteiger partial charge is 0.195 e. The first kappa shape index (κ1) is 19.1. The third-order valence-electron chi connectivity index (χ3n) is 3.35. The maximum absolute atomic E-state index is 14.4. The van der Waals surface area contributed by atoms with Crippen molar-refractivity contribution in [2.45, 2.75) is 23.9 Å². The number of hydrogen-bond donors (Lipinski definition) is 2. The van der Waals surface area contributed by atoms with Gasteiger partial charge in [-0.25, -0.2) is 19.4 Å². The molecule has 0 spiro atoms. The van der Waals surface area contributed by atoms with Crippen LogP contribution in [0.25, 0.3) is 10.9 Å². The molecular formula is C18H16ClFN6S. The molecule has 0 aliphatic rings. The second-order valence-electron chi connectivity index (χ2n) is 5.79. The first-order valence-corrected chi connectivity index (χ1v) is 9.07. The predicted octanol–water partition coefficient (Wildman–Crippen LogP) is 4.13. The lowest BCUT2D eigenvalue weighted by Gasteiger charge is -2.06. The molecule has 3 aromatic rings. The van der Waals surface area contributed by atoms with E-state index < -0.39 is 5.82 Å². The van der Waals surface area contributed by atoms with E-state index >= 15 is 0 Å². The number of allylic oxidation sites excluding steroid dienone is 1. The standard InChI is InChI=1S/C18H16ClFN6S/c1-9(21)5-15(22)25-16-8-14(19)24-18(26-16)27-12-6-11-4-3-10(2)23-17(11)13(20)7-12/h3-8H,21H2,1-2H3,(H2,22,24,25,26). The molecule has 9 heteroatoms. The highest BCUT2D eigenvalue weighted by atomic mass is 35.5. The van der Waals surface area contributed by atoms with Gasteiger partial charge in [0.15, 0.2) is 16.8 Å². The van der Waals surface area contributed by atoms with Gasteiger partial charge in [0.05, 0.1) is 0 Å². The van der Waals surface area contributed by atoms with Gasteiger partial charge in [0.2, 0.25) is 0 Å². The highest BCUT2D eigenvalue weighted by Crippen LogP contribution is 2.31. The summed E-state index contributed by atoms with van der Waals surface area (Å²) in [6.07, 6.45) is 1.51. The van der Waals surface area contributed by atoms with E-state index in [0.29, 0.717) is 26.7 Å². The van der Waals surface area contributed by atoms with Crippen LogP contribution in [0.5, 0.6) is 0 Å². The van der Waals surface area contributed by atoms with Gasteiger partial charge < -0.3 is 11.5 Å². The van der Waals surface area contributed by atoms with Crippen molar-refractivity contribution in [3.8, 4) is 0 Å². The molecule has 2 aromatic heterocycles. The van der Waals surface area contributed by atoms with E-state index in [2.05, 4.69) is 19.9 Å². The zero-order valence-electron chi connectivity index (χ0n) is 14.6. The zero-order chi connectivity index (χ0) is 19.6. The van der Waals surface area contributed by atoms with Crippen LogP contribution in [-0.2, 0) is 0 Å². The van der Waals surface area contributed by atoms with Gasteiger partial charge in [-0.05, 0) is 49.9 Å². The molecule has 0 radical (unpaired) electrons. The molecule has 0 saturated carbocycles. The van der Waals surface area contributed by atoms with Crippen LogP contribution in [0, 0.1) is 12.7 Å². The predicted molar refractivity (Wildman–Crippen MR) is 107 cm³/mol. The van der Waals surface area contributed by atoms with E-state index in [0.717, 1.165) is 5.69 Å². The fourth-order valence-corrected chi connectivity index (χ4v) is 3.38. The average molecular weight is 403 g/mol. The number of rotatable bonds is 4. The molecule has 0 aliphatic carbocycles. The van der Waals surface area contributed by atoms with Crippen molar-refractivity contribution >= 4 is 45.9 Å². The summed E-state index contributed by atoms with van der Waals surface area (Å²) in [6, 6.07) is 8.33. The van der Waals surface area contributed by atoms with Crippen molar-refractivity contribution in [2.24, 2.45) is 16.5 Å². The van der Waals surface area contributed by atoms with Gasteiger partial charge in [-0.3, -0.25) is 4.98 Å². The number of aliphatic imine (C=N–C) groups is 1. The molecule has 4 N–H and O–H groups in total. The van der Waals surface area contributed by atoms with Crippen molar-refractivity contribution in [3.05, 3.63) is 58.8 Å². The number of amidine groups is 1. The van der Waals surface area contributed by atoms with E-state index in [1.807, 2.05) is 25.1 Å². The van der Waals surface area contributed by atoms with E-state index in [9.17, 15) is 4.39 Å². The van der Waals surface area contributed by atoms with Gasteiger partial charge in [0.1, 0.15) is 16.5 Å². The Balaban J connectivity index is 1.95. The summed E-state index contributed by atoms with van der Waals surface area (Å²) in [6.45, 7) is 3.51. The van der Waals surface area contributed by atoms with Crippen LogP contribution in [0.3, 0.4) is 0 Å². The Bertz CT molecular complexity index is 1080. The lowest BCUT2D eigenvalue weighted by molar-refractivity contribution is 0.633. The Morgan fingerprint density at radius 3 is 2.70 bits per heavy atom. The van der Waals surface area contributed by atoms with Crippen molar-refractivity contribution in [1.82, 2.24) is 15.0 Å². The van der Waals surface area contributed by atoms with E-state index in [-0.39, 0.29) is 16.8 Å². The third kappa shape index (κ3) is 4.93. The van der Waals surface area contributed by atoms with Gasteiger partial charge in [-0.15, -0.1) is 0 Å². The quantitative estimate of drug-likeness (QED) is 0.294. The lowest BCUT2D eigenvalue weighted by atomic mass is 10.2. The van der Waals surface area contributed by atoms with Crippen LogP contribution in [-0.4, -0.2) is 20.8 Å². The second-order valence-corrected chi connectivity index (χ2v) is 7.22. The Morgan fingerprint density at radius 1 is 1.19 bits per heavy atom. The van der Waals surface area contributed by atoms with Crippen LogP contribution in [0.2, 0.25) is 5.15 Å². The summed E-state index contributed by atoms with van der Waals surface area (Å²) in [7, 11) is 0. The van der Waals surface area contributed by atoms with Gasteiger partial charge in [-0.1, -0.05) is 17.7 Å². The van der Waals surface area contributed by atoms with Crippen molar-refractivity contribution in [1.29, 1.82) is 0 Å². The van der Waals surface area contributed by atoms with Gasteiger partial charge in [-0.2, -0.15) is 0 Å². The Labute approximate surface area is 164 Å². The van der Waals surface area contributed by atoms with Crippen LogP contribution in [0.1, 0.15) is 12.6 Å². The highest BCUT2D eigenvalue weighted by Gasteiger charge is 2.10. The molecule has 0 amide bonds. The van der Waals surface area contributed by atoms with Crippen molar-refractivity contribution in [3.63, 3.8) is 0 Å². The summed E-state index contributed by atoms with van der Waals surface area (Å²) in [5.74, 6) is 0.0664. The van der Waals surface area contributed by atoms with Crippen LogP contribution in [0.4, 0.5) is 10.2 Å². The molecular weight excluding hydrogens is 387 g/mol. The van der Waals surface area contributed by atoms with E-state index in [1.165, 1.54) is 30.0 Å². The molecule has 0 atom stereocenters. The number of nitrogens with zero attached hydrogens (tertiary/aromatic N) is 4. The Hall–Kier alpha value is -2.71. The normalized spacial score (nSPS) is 12.6. The summed E-state index contributed by atoms with van der Waals surface area (Å²) in [5, 5.41) is 1.21. The maximum Gasteiger partial charge on any atom is 0.195 e. The molecule has 1 aromatic carbocycles. The molecule has 6 nitrogen and oxygen atoms in total. The average Bonchev–Trinajstić information content (AvgIpc) is 2.54. The van der Waals surface area contributed by atoms with E-state index in [4.69, 9.17) is 23.1 Å².